The van der Waals surface area contributed by atoms with Crippen LogP contribution in [0.15, 0.2) is 59.6 Å². The maximum absolute atomic E-state index is 12.2. The molecule has 0 aliphatic heterocycles. The van der Waals surface area contributed by atoms with E-state index < -0.39 is 9.84 Å². The van der Waals surface area contributed by atoms with Crippen molar-refractivity contribution in [3.05, 3.63) is 71.3 Å². The number of hydrogen-bond donors (Lipinski definition) is 2. The van der Waals surface area contributed by atoms with Crippen LogP contribution in [0.3, 0.4) is 0 Å². The monoisotopic (exact) mass is 515 g/mol. The van der Waals surface area contributed by atoms with Crippen molar-refractivity contribution in [1.29, 1.82) is 0 Å². The van der Waals surface area contributed by atoms with Gasteiger partial charge in [-0.3, -0.25) is 0 Å². The van der Waals surface area contributed by atoms with Crippen LogP contribution in [0.4, 0.5) is 0 Å². The quantitative estimate of drug-likeness (QED) is 0.232. The fraction of sp³-hybridized carbons (Fsp3) is 0.381. The second kappa shape index (κ2) is 12.8. The molecule has 5 nitrogen and oxygen atoms in total. The summed E-state index contributed by atoms with van der Waals surface area (Å²) in [6.45, 7) is 5.99. The van der Waals surface area contributed by atoms with Crippen LogP contribution >= 0.6 is 24.0 Å². The minimum Gasteiger partial charge on any atom is -0.357 e. The molecule has 2 aromatic carbocycles. The van der Waals surface area contributed by atoms with Gasteiger partial charge in [-0.05, 0) is 37.0 Å². The van der Waals surface area contributed by atoms with E-state index in [0.29, 0.717) is 25.5 Å². The molecule has 7 heteroatoms. The molecule has 0 aliphatic carbocycles. The van der Waals surface area contributed by atoms with Gasteiger partial charge >= 0.3 is 0 Å². The van der Waals surface area contributed by atoms with Crippen LogP contribution in [0.25, 0.3) is 0 Å². The van der Waals surface area contributed by atoms with Crippen molar-refractivity contribution in [2.24, 2.45) is 4.99 Å². The summed E-state index contributed by atoms with van der Waals surface area (Å²) in [5.41, 5.74) is 3.22. The van der Waals surface area contributed by atoms with E-state index in [1.807, 2.05) is 49.4 Å². The molecule has 0 saturated heterocycles. The molecule has 0 aromatic heterocycles. The van der Waals surface area contributed by atoms with E-state index in [1.165, 1.54) is 11.1 Å². The molecule has 0 heterocycles. The summed E-state index contributed by atoms with van der Waals surface area (Å²) in [4.78, 5) is 4.59. The van der Waals surface area contributed by atoms with E-state index in [9.17, 15) is 8.42 Å². The van der Waals surface area contributed by atoms with Gasteiger partial charge in [0.1, 0.15) is 0 Å². The Morgan fingerprint density at radius 1 is 1.00 bits per heavy atom. The SMILES string of the molecule is CCNC(=NCc1ccccc1C)NCCCS(=O)(=O)Cc1ccccc1.I. The molecule has 2 rings (SSSR count). The highest BCUT2D eigenvalue weighted by atomic mass is 127. The maximum Gasteiger partial charge on any atom is 0.191 e. The topological polar surface area (TPSA) is 70.6 Å². The summed E-state index contributed by atoms with van der Waals surface area (Å²) in [7, 11) is -3.11. The highest BCUT2D eigenvalue weighted by molar-refractivity contribution is 14.0. The van der Waals surface area contributed by atoms with Gasteiger partial charge in [0.15, 0.2) is 15.8 Å². The van der Waals surface area contributed by atoms with Crippen molar-refractivity contribution < 1.29 is 8.42 Å². The highest BCUT2D eigenvalue weighted by Gasteiger charge is 2.11. The zero-order valence-electron chi connectivity index (χ0n) is 16.5. The fourth-order valence-corrected chi connectivity index (χ4v) is 4.12. The molecule has 2 N–H and O–H groups in total. The first kappa shape index (κ1) is 24.4. The molecular formula is C21H30IN3O2S. The summed E-state index contributed by atoms with van der Waals surface area (Å²) >= 11 is 0. The molecule has 0 fully saturated rings. The van der Waals surface area contributed by atoms with Crippen LogP contribution in [0.2, 0.25) is 0 Å². The van der Waals surface area contributed by atoms with Gasteiger partial charge < -0.3 is 10.6 Å². The summed E-state index contributed by atoms with van der Waals surface area (Å²) in [5, 5.41) is 6.42. The summed E-state index contributed by atoms with van der Waals surface area (Å²) in [6.07, 6.45) is 0.546. The van der Waals surface area contributed by atoms with Crippen LogP contribution in [0.1, 0.15) is 30.0 Å². The zero-order valence-corrected chi connectivity index (χ0v) is 19.7. The summed E-state index contributed by atoms with van der Waals surface area (Å²) in [5.74, 6) is 0.961. The van der Waals surface area contributed by atoms with E-state index in [0.717, 1.165) is 12.1 Å². The Balaban J connectivity index is 0.00000392. The molecular weight excluding hydrogens is 485 g/mol. The molecule has 154 valence electrons. The van der Waals surface area contributed by atoms with Crippen molar-refractivity contribution in [2.75, 3.05) is 18.8 Å². The third-order valence-electron chi connectivity index (χ3n) is 4.17. The molecule has 0 radical (unpaired) electrons. The van der Waals surface area contributed by atoms with Gasteiger partial charge in [-0.15, -0.1) is 24.0 Å². The largest absolute Gasteiger partial charge is 0.357 e. The zero-order chi connectivity index (χ0) is 19.5. The number of benzene rings is 2. The van der Waals surface area contributed by atoms with Gasteiger partial charge in [0.2, 0.25) is 0 Å². The van der Waals surface area contributed by atoms with Crippen molar-refractivity contribution in [2.45, 2.75) is 32.6 Å². The summed E-state index contributed by atoms with van der Waals surface area (Å²) < 4.78 is 24.5. The van der Waals surface area contributed by atoms with E-state index in [1.54, 1.807) is 0 Å². The van der Waals surface area contributed by atoms with Crippen molar-refractivity contribution in [1.82, 2.24) is 10.6 Å². The third-order valence-corrected chi connectivity index (χ3v) is 5.85. The minimum atomic E-state index is -3.11. The number of nitrogens with one attached hydrogen (secondary N) is 2. The average Bonchev–Trinajstić information content (AvgIpc) is 2.64. The van der Waals surface area contributed by atoms with Crippen molar-refractivity contribution >= 4 is 39.8 Å². The molecule has 0 atom stereocenters. The number of hydrogen-bond acceptors (Lipinski definition) is 3. The van der Waals surface area contributed by atoms with Gasteiger partial charge in [0, 0.05) is 13.1 Å². The Morgan fingerprint density at radius 2 is 1.68 bits per heavy atom. The third kappa shape index (κ3) is 9.05. The molecule has 28 heavy (non-hydrogen) atoms. The van der Waals surface area contributed by atoms with Crippen molar-refractivity contribution in [3.63, 3.8) is 0 Å². The van der Waals surface area contributed by atoms with Crippen LogP contribution < -0.4 is 10.6 Å². The Morgan fingerprint density at radius 3 is 2.36 bits per heavy atom. The first-order valence-corrected chi connectivity index (χ1v) is 11.1. The molecule has 0 aliphatic rings. The van der Waals surface area contributed by atoms with Crippen LogP contribution in [-0.4, -0.2) is 33.2 Å². The van der Waals surface area contributed by atoms with Gasteiger partial charge in [0.05, 0.1) is 18.1 Å². The van der Waals surface area contributed by atoms with E-state index in [-0.39, 0.29) is 35.5 Å². The Labute approximate surface area is 186 Å². The predicted molar refractivity (Wildman–Crippen MR) is 128 cm³/mol. The Bertz CT molecular complexity index is 840. The first-order chi connectivity index (χ1) is 13.0. The maximum atomic E-state index is 12.2. The fourth-order valence-electron chi connectivity index (χ4n) is 2.69. The number of aryl methyl sites for hydroxylation is 1. The van der Waals surface area contributed by atoms with Crippen LogP contribution in [-0.2, 0) is 22.1 Å². The number of aliphatic imine (C=N–C) groups is 1. The van der Waals surface area contributed by atoms with E-state index >= 15 is 0 Å². The predicted octanol–water partition coefficient (Wildman–Crippen LogP) is 3.67. The number of halogens is 1. The lowest BCUT2D eigenvalue weighted by atomic mass is 10.1. The first-order valence-electron chi connectivity index (χ1n) is 9.31. The number of sulfone groups is 1. The lowest BCUT2D eigenvalue weighted by Crippen LogP contribution is -2.38. The normalized spacial score (nSPS) is 11.6. The average molecular weight is 515 g/mol. The van der Waals surface area contributed by atoms with Crippen LogP contribution in [0.5, 0.6) is 0 Å². The minimum absolute atomic E-state index is 0. The molecule has 0 saturated carbocycles. The lowest BCUT2D eigenvalue weighted by Gasteiger charge is -2.12. The summed E-state index contributed by atoms with van der Waals surface area (Å²) in [6, 6.07) is 17.5. The highest BCUT2D eigenvalue weighted by Crippen LogP contribution is 2.08. The molecule has 0 bridgehead atoms. The number of guanidine groups is 1. The Kier molecular flexibility index (Phi) is 11.1. The molecule has 0 unspecified atom stereocenters. The van der Waals surface area contributed by atoms with Gasteiger partial charge in [-0.1, -0.05) is 54.6 Å². The Hall–Kier alpha value is -1.61. The smallest absolute Gasteiger partial charge is 0.191 e. The van der Waals surface area contributed by atoms with E-state index in [4.69, 9.17) is 0 Å². The van der Waals surface area contributed by atoms with Gasteiger partial charge in [0.25, 0.3) is 0 Å². The van der Waals surface area contributed by atoms with E-state index in [2.05, 4.69) is 34.7 Å². The standard InChI is InChI=1S/C21H29N3O2S.HI/c1-3-22-21(24-16-20-13-8-7-10-18(20)2)23-14-9-15-27(25,26)17-19-11-5-4-6-12-19;/h4-8,10-13H,3,9,14-17H2,1-2H3,(H2,22,23,24);1H. The number of nitrogens with zero attached hydrogens (tertiary/aromatic N) is 1. The second-order valence-corrected chi connectivity index (χ2v) is 8.66. The number of rotatable bonds is 9. The van der Waals surface area contributed by atoms with Crippen LogP contribution in [0, 0.1) is 6.92 Å². The van der Waals surface area contributed by atoms with Crippen molar-refractivity contribution in [3.8, 4) is 0 Å². The molecule has 0 spiro atoms. The second-order valence-electron chi connectivity index (χ2n) is 6.48. The lowest BCUT2D eigenvalue weighted by molar-refractivity contribution is 0.591. The van der Waals surface area contributed by atoms with Gasteiger partial charge in [-0.25, -0.2) is 13.4 Å². The van der Waals surface area contributed by atoms with Gasteiger partial charge in [-0.2, -0.15) is 0 Å². The molecule has 2 aromatic rings. The molecule has 0 amide bonds.